The number of carbonyl (C=O) groups is 1. The van der Waals surface area contributed by atoms with Gasteiger partial charge in [-0.05, 0) is 63.5 Å². The molecule has 0 amide bonds. The molecule has 1 fully saturated rings. The van der Waals surface area contributed by atoms with Crippen molar-refractivity contribution in [2.75, 3.05) is 0 Å². The number of carbonyl (C=O) groups excluding carboxylic acids is 1. The molecule has 6 heteroatoms. The van der Waals surface area contributed by atoms with Crippen LogP contribution < -0.4 is 4.74 Å². The van der Waals surface area contributed by atoms with Gasteiger partial charge in [-0.2, -0.15) is 4.98 Å². The number of pyridine rings is 1. The molecule has 0 saturated heterocycles. The second-order valence-electron chi connectivity index (χ2n) is 10.8. The molecule has 0 radical (unpaired) electrons. The van der Waals surface area contributed by atoms with Gasteiger partial charge in [0.1, 0.15) is 6.10 Å². The van der Waals surface area contributed by atoms with Gasteiger partial charge in [-0.1, -0.05) is 38.1 Å². The van der Waals surface area contributed by atoms with Crippen molar-refractivity contribution in [3.63, 3.8) is 0 Å². The minimum Gasteiger partial charge on any atom is -0.474 e. The molecule has 6 rings (SSSR count). The molecule has 0 spiro atoms. The predicted molar refractivity (Wildman–Crippen MR) is 138 cm³/mol. The molecule has 2 heterocycles. The van der Waals surface area contributed by atoms with Crippen molar-refractivity contribution < 1.29 is 9.53 Å². The van der Waals surface area contributed by atoms with E-state index in [1.807, 2.05) is 44.2 Å². The standard InChI is InChI=1S/C30H30N4O2/c1-17-15-22(20-11-7-8-12-24(20)32-17)28-33-27-21(29(34-28)36-19-9-5-6-10-19)13-14-23-18(2)26(35)25(31-4)16-30(23,27)3/h7-8,11-12,15-16,18-19,23H,5-6,9-10,13-14H2,1-3H3/t18-,23-,30-/m1/s1. The molecule has 3 aromatic rings. The Labute approximate surface area is 211 Å². The van der Waals surface area contributed by atoms with Crippen LogP contribution in [0.15, 0.2) is 42.1 Å². The minimum absolute atomic E-state index is 0.0524. The zero-order chi connectivity index (χ0) is 25.0. The number of aromatic nitrogens is 3. The van der Waals surface area contributed by atoms with Gasteiger partial charge in [0.05, 0.1) is 17.8 Å². The lowest BCUT2D eigenvalue weighted by atomic mass is 9.58. The van der Waals surface area contributed by atoms with E-state index in [1.165, 1.54) is 12.8 Å². The maximum absolute atomic E-state index is 12.9. The maximum atomic E-state index is 12.9. The number of fused-ring (bicyclic) bond motifs is 4. The third kappa shape index (κ3) is 3.52. The Morgan fingerprint density at radius 1 is 1.11 bits per heavy atom. The maximum Gasteiger partial charge on any atom is 0.226 e. The highest BCUT2D eigenvalue weighted by atomic mass is 16.5. The van der Waals surface area contributed by atoms with E-state index in [1.54, 1.807) is 0 Å². The van der Waals surface area contributed by atoms with Gasteiger partial charge in [-0.3, -0.25) is 4.98 Å². The SMILES string of the molecule is [C-]#[N+]C1=C[C@@]2(C)c3nc(-c4cc(C)nc5ccccc45)nc(OC4CCCC4)c3CC[C@@H]2[C@@H](C)C1=O. The first-order valence-corrected chi connectivity index (χ1v) is 13.0. The summed E-state index contributed by atoms with van der Waals surface area (Å²) in [5.41, 5.74) is 4.35. The van der Waals surface area contributed by atoms with Gasteiger partial charge in [0.25, 0.3) is 0 Å². The van der Waals surface area contributed by atoms with Crippen LogP contribution in [0, 0.1) is 25.3 Å². The Balaban J connectivity index is 1.61. The number of hydrogen-bond donors (Lipinski definition) is 0. The van der Waals surface area contributed by atoms with E-state index in [0.29, 0.717) is 11.7 Å². The van der Waals surface area contributed by atoms with Crippen LogP contribution in [0.5, 0.6) is 5.88 Å². The summed E-state index contributed by atoms with van der Waals surface area (Å²) in [6.07, 6.45) is 8.09. The van der Waals surface area contributed by atoms with Gasteiger partial charge in [-0.15, -0.1) is 0 Å². The summed E-state index contributed by atoms with van der Waals surface area (Å²) in [6.45, 7) is 13.7. The van der Waals surface area contributed by atoms with Gasteiger partial charge < -0.3 is 9.53 Å². The van der Waals surface area contributed by atoms with E-state index in [2.05, 4.69) is 17.8 Å². The van der Waals surface area contributed by atoms with Gasteiger partial charge in [0.15, 0.2) is 11.6 Å². The smallest absolute Gasteiger partial charge is 0.226 e. The third-order valence-electron chi connectivity index (χ3n) is 8.45. The number of hydrogen-bond acceptors (Lipinski definition) is 5. The largest absolute Gasteiger partial charge is 0.474 e. The molecule has 3 aliphatic rings. The highest BCUT2D eigenvalue weighted by molar-refractivity contribution is 6.00. The van der Waals surface area contributed by atoms with E-state index in [9.17, 15) is 4.79 Å². The van der Waals surface area contributed by atoms with Gasteiger partial charge in [-0.25, -0.2) is 9.83 Å². The number of para-hydroxylation sites is 1. The van der Waals surface area contributed by atoms with Crippen LogP contribution in [-0.4, -0.2) is 26.8 Å². The first-order valence-electron chi connectivity index (χ1n) is 13.0. The number of Topliss-reactive ketones (excluding diaryl/α,β-unsaturated/α-hetero) is 1. The molecule has 6 nitrogen and oxygen atoms in total. The molecule has 1 aromatic carbocycles. The van der Waals surface area contributed by atoms with Crippen LogP contribution in [0.2, 0.25) is 0 Å². The average molecular weight is 479 g/mol. The van der Waals surface area contributed by atoms with Crippen molar-refractivity contribution in [1.29, 1.82) is 0 Å². The van der Waals surface area contributed by atoms with E-state index in [-0.39, 0.29) is 29.4 Å². The van der Waals surface area contributed by atoms with Crippen LogP contribution in [0.25, 0.3) is 27.1 Å². The molecular formula is C30H30N4O2. The Bertz CT molecular complexity index is 1460. The third-order valence-corrected chi connectivity index (χ3v) is 8.45. The lowest BCUT2D eigenvalue weighted by Crippen LogP contribution is -2.46. The molecule has 0 unspecified atom stereocenters. The van der Waals surface area contributed by atoms with Crippen molar-refractivity contribution >= 4 is 16.7 Å². The van der Waals surface area contributed by atoms with Crippen LogP contribution in [-0.2, 0) is 16.6 Å². The number of rotatable bonds is 3. The second kappa shape index (κ2) is 8.51. The van der Waals surface area contributed by atoms with Crippen molar-refractivity contribution in [3.05, 3.63) is 70.5 Å². The van der Waals surface area contributed by atoms with E-state index in [0.717, 1.165) is 59.1 Å². The number of aryl methyl sites for hydroxylation is 1. The Kier molecular flexibility index (Phi) is 5.40. The number of ketones is 1. The number of benzene rings is 1. The molecule has 2 aromatic heterocycles. The Morgan fingerprint density at radius 2 is 1.89 bits per heavy atom. The molecule has 0 bridgehead atoms. The second-order valence-corrected chi connectivity index (χ2v) is 10.8. The topological polar surface area (TPSA) is 69.3 Å². The summed E-state index contributed by atoms with van der Waals surface area (Å²) in [5, 5.41) is 0.997. The van der Waals surface area contributed by atoms with Crippen molar-refractivity contribution in [3.8, 4) is 17.3 Å². The number of ether oxygens (including phenoxy) is 1. The Hall–Kier alpha value is -3.59. The highest BCUT2D eigenvalue weighted by Gasteiger charge is 2.50. The van der Waals surface area contributed by atoms with E-state index < -0.39 is 5.41 Å². The lowest BCUT2D eigenvalue weighted by Gasteiger charge is -2.46. The predicted octanol–water partition coefficient (Wildman–Crippen LogP) is 6.16. The van der Waals surface area contributed by atoms with Crippen molar-refractivity contribution in [2.24, 2.45) is 11.8 Å². The molecule has 0 aliphatic heterocycles. The fourth-order valence-electron chi connectivity index (χ4n) is 6.59. The van der Waals surface area contributed by atoms with E-state index in [4.69, 9.17) is 26.3 Å². The summed E-state index contributed by atoms with van der Waals surface area (Å²) in [4.78, 5) is 31.5. The van der Waals surface area contributed by atoms with Crippen LogP contribution in [0.1, 0.15) is 62.9 Å². The first-order chi connectivity index (χ1) is 17.4. The first kappa shape index (κ1) is 22.8. The van der Waals surface area contributed by atoms with E-state index >= 15 is 0 Å². The van der Waals surface area contributed by atoms with Gasteiger partial charge in [0.2, 0.25) is 11.6 Å². The lowest BCUT2D eigenvalue weighted by molar-refractivity contribution is -0.121. The number of allylic oxidation sites excluding steroid dienone is 2. The monoisotopic (exact) mass is 478 g/mol. The normalized spacial score (nSPS) is 25.7. The fourth-order valence-corrected chi connectivity index (χ4v) is 6.59. The quantitative estimate of drug-likeness (QED) is 0.422. The zero-order valence-electron chi connectivity index (χ0n) is 21.0. The molecule has 3 aliphatic carbocycles. The number of nitrogens with zero attached hydrogens (tertiary/aromatic N) is 4. The van der Waals surface area contributed by atoms with Gasteiger partial charge in [0, 0.05) is 33.5 Å². The Morgan fingerprint density at radius 3 is 2.67 bits per heavy atom. The van der Waals surface area contributed by atoms with Crippen molar-refractivity contribution in [2.45, 2.75) is 70.8 Å². The van der Waals surface area contributed by atoms with Gasteiger partial charge >= 0.3 is 0 Å². The highest BCUT2D eigenvalue weighted by Crippen LogP contribution is 2.51. The molecule has 0 N–H and O–H groups in total. The average Bonchev–Trinajstić information content (AvgIpc) is 3.39. The zero-order valence-corrected chi connectivity index (χ0v) is 21.0. The molecular weight excluding hydrogens is 448 g/mol. The van der Waals surface area contributed by atoms with Crippen molar-refractivity contribution in [1.82, 2.24) is 15.0 Å². The molecule has 1 saturated carbocycles. The minimum atomic E-state index is -0.538. The van der Waals surface area contributed by atoms with Crippen LogP contribution >= 0.6 is 0 Å². The molecule has 182 valence electrons. The summed E-state index contributed by atoms with van der Waals surface area (Å²) < 4.78 is 6.59. The summed E-state index contributed by atoms with van der Waals surface area (Å²) >= 11 is 0. The van der Waals surface area contributed by atoms with Crippen LogP contribution in [0.3, 0.4) is 0 Å². The fraction of sp³-hybridized carbons (Fsp3) is 0.433. The molecule has 36 heavy (non-hydrogen) atoms. The summed E-state index contributed by atoms with van der Waals surface area (Å²) in [5.74, 6) is 1.10. The summed E-state index contributed by atoms with van der Waals surface area (Å²) in [7, 11) is 0. The molecule has 3 atom stereocenters. The summed E-state index contributed by atoms with van der Waals surface area (Å²) in [6, 6.07) is 10.1. The van der Waals surface area contributed by atoms with Crippen LogP contribution in [0.4, 0.5) is 0 Å².